The second-order valence-corrected chi connectivity index (χ2v) is 6.41. The number of H-pyrrole nitrogens is 1. The van der Waals surface area contributed by atoms with Gasteiger partial charge in [-0.05, 0) is 38.1 Å². The molecule has 0 saturated carbocycles. The predicted molar refractivity (Wildman–Crippen MR) is 89.2 cm³/mol. The molecule has 120 valence electrons. The lowest BCUT2D eigenvalue weighted by Gasteiger charge is -2.27. The highest BCUT2D eigenvalue weighted by molar-refractivity contribution is 8.03. The van der Waals surface area contributed by atoms with E-state index in [-0.39, 0.29) is 17.1 Å². The Morgan fingerprint density at radius 2 is 2.17 bits per heavy atom. The van der Waals surface area contributed by atoms with E-state index in [0.29, 0.717) is 12.2 Å². The number of hydrogen-bond donors (Lipinski definition) is 2. The number of aromatic nitrogens is 2. The van der Waals surface area contributed by atoms with Crippen LogP contribution in [0.2, 0.25) is 0 Å². The maximum atomic E-state index is 13.3. The summed E-state index contributed by atoms with van der Waals surface area (Å²) in [5, 5.41) is 9.53. The fourth-order valence-electron chi connectivity index (χ4n) is 2.56. The lowest BCUT2D eigenvalue weighted by Crippen LogP contribution is -2.34. The van der Waals surface area contributed by atoms with Crippen molar-refractivity contribution in [1.82, 2.24) is 15.5 Å². The first-order valence-corrected chi connectivity index (χ1v) is 8.19. The minimum absolute atomic E-state index is 0.114. The van der Waals surface area contributed by atoms with Crippen molar-refractivity contribution < 1.29 is 9.18 Å². The third kappa shape index (κ3) is 2.96. The van der Waals surface area contributed by atoms with Crippen molar-refractivity contribution in [3.63, 3.8) is 0 Å². The van der Waals surface area contributed by atoms with Gasteiger partial charge in [0.05, 0.1) is 6.20 Å². The van der Waals surface area contributed by atoms with E-state index in [1.54, 1.807) is 30.1 Å². The summed E-state index contributed by atoms with van der Waals surface area (Å²) in [6.07, 6.45) is 3.55. The SMILES string of the molecule is CCNC(=O)C1=C(C)SC(c2cn[nH]c2)N1c1ccc(F)cc1. The smallest absolute Gasteiger partial charge is 0.268 e. The van der Waals surface area contributed by atoms with Crippen molar-refractivity contribution in [1.29, 1.82) is 0 Å². The number of halogens is 1. The van der Waals surface area contributed by atoms with E-state index in [0.717, 1.165) is 16.2 Å². The summed E-state index contributed by atoms with van der Waals surface area (Å²) in [7, 11) is 0. The lowest BCUT2D eigenvalue weighted by atomic mass is 10.2. The Morgan fingerprint density at radius 1 is 1.43 bits per heavy atom. The number of aromatic amines is 1. The molecule has 2 heterocycles. The molecular weight excluding hydrogens is 315 g/mol. The molecule has 0 bridgehead atoms. The molecule has 0 radical (unpaired) electrons. The van der Waals surface area contributed by atoms with Gasteiger partial charge in [0.1, 0.15) is 16.9 Å². The molecule has 7 heteroatoms. The van der Waals surface area contributed by atoms with Crippen LogP contribution in [0.4, 0.5) is 10.1 Å². The number of likely N-dealkylation sites (N-methyl/N-ethyl adjacent to an activating group) is 1. The van der Waals surface area contributed by atoms with Gasteiger partial charge in [0.25, 0.3) is 5.91 Å². The maximum absolute atomic E-state index is 13.3. The Balaban J connectivity index is 2.04. The molecule has 0 saturated heterocycles. The topological polar surface area (TPSA) is 61.0 Å². The van der Waals surface area contributed by atoms with E-state index in [1.807, 2.05) is 24.9 Å². The summed E-state index contributed by atoms with van der Waals surface area (Å²) in [6.45, 7) is 4.35. The summed E-state index contributed by atoms with van der Waals surface area (Å²) in [4.78, 5) is 15.3. The monoisotopic (exact) mass is 332 g/mol. The highest BCUT2D eigenvalue weighted by Crippen LogP contribution is 2.49. The summed E-state index contributed by atoms with van der Waals surface area (Å²) in [5.41, 5.74) is 2.32. The van der Waals surface area contributed by atoms with Gasteiger partial charge in [-0.2, -0.15) is 5.10 Å². The fraction of sp³-hybridized carbons (Fsp3) is 0.250. The lowest BCUT2D eigenvalue weighted by molar-refractivity contribution is -0.117. The van der Waals surface area contributed by atoms with Crippen LogP contribution in [0.15, 0.2) is 47.3 Å². The molecule has 1 atom stereocenters. The zero-order chi connectivity index (χ0) is 16.4. The number of amides is 1. The quantitative estimate of drug-likeness (QED) is 0.903. The summed E-state index contributed by atoms with van der Waals surface area (Å²) < 4.78 is 13.3. The van der Waals surface area contributed by atoms with Crippen LogP contribution in [0.5, 0.6) is 0 Å². The van der Waals surface area contributed by atoms with Gasteiger partial charge in [0.15, 0.2) is 0 Å². The normalized spacial score (nSPS) is 17.7. The fourth-order valence-corrected chi connectivity index (χ4v) is 3.79. The third-order valence-corrected chi connectivity index (χ3v) is 4.81. The van der Waals surface area contributed by atoms with Gasteiger partial charge >= 0.3 is 0 Å². The van der Waals surface area contributed by atoms with Gasteiger partial charge in [-0.15, -0.1) is 0 Å². The Hall–Kier alpha value is -2.28. The number of carbonyl (C=O) groups excluding carboxylic acids is 1. The van der Waals surface area contributed by atoms with Crippen molar-refractivity contribution in [3.05, 3.63) is 58.6 Å². The van der Waals surface area contributed by atoms with Crippen LogP contribution in [0, 0.1) is 5.82 Å². The van der Waals surface area contributed by atoms with Gasteiger partial charge in [-0.25, -0.2) is 4.39 Å². The molecule has 2 N–H and O–H groups in total. The van der Waals surface area contributed by atoms with E-state index in [4.69, 9.17) is 0 Å². The van der Waals surface area contributed by atoms with Crippen molar-refractivity contribution >= 4 is 23.4 Å². The van der Waals surface area contributed by atoms with E-state index in [9.17, 15) is 9.18 Å². The number of nitrogens with one attached hydrogen (secondary N) is 2. The summed E-state index contributed by atoms with van der Waals surface area (Å²) >= 11 is 1.58. The molecule has 1 aliphatic rings. The number of anilines is 1. The second kappa shape index (κ2) is 6.45. The number of thioether (sulfide) groups is 1. The first-order valence-electron chi connectivity index (χ1n) is 7.31. The minimum Gasteiger partial charge on any atom is -0.351 e. The number of hydrogen-bond acceptors (Lipinski definition) is 4. The molecule has 1 aliphatic heterocycles. The van der Waals surface area contributed by atoms with Gasteiger partial charge in [0.2, 0.25) is 0 Å². The second-order valence-electron chi connectivity index (χ2n) is 5.11. The zero-order valence-electron chi connectivity index (χ0n) is 12.8. The van der Waals surface area contributed by atoms with Crippen molar-refractivity contribution in [2.45, 2.75) is 19.2 Å². The zero-order valence-corrected chi connectivity index (χ0v) is 13.7. The Labute approximate surface area is 138 Å². The molecule has 1 unspecified atom stereocenters. The molecule has 1 amide bonds. The van der Waals surface area contributed by atoms with Crippen LogP contribution < -0.4 is 10.2 Å². The number of allylic oxidation sites excluding steroid dienone is 1. The number of rotatable bonds is 4. The summed E-state index contributed by atoms with van der Waals surface area (Å²) in [6, 6.07) is 6.16. The molecule has 0 fully saturated rings. The van der Waals surface area contributed by atoms with Crippen LogP contribution in [-0.4, -0.2) is 22.6 Å². The molecule has 0 aliphatic carbocycles. The molecule has 1 aromatic heterocycles. The maximum Gasteiger partial charge on any atom is 0.268 e. The predicted octanol–water partition coefficient (Wildman–Crippen LogP) is 3.17. The molecular formula is C16H17FN4OS. The first-order chi connectivity index (χ1) is 11.1. The van der Waals surface area contributed by atoms with Crippen LogP contribution in [-0.2, 0) is 4.79 Å². The van der Waals surface area contributed by atoms with E-state index in [2.05, 4.69) is 15.5 Å². The third-order valence-electron chi connectivity index (χ3n) is 3.56. The number of nitrogens with zero attached hydrogens (tertiary/aromatic N) is 2. The number of carbonyl (C=O) groups is 1. The molecule has 1 aromatic carbocycles. The van der Waals surface area contributed by atoms with Crippen molar-refractivity contribution in [3.8, 4) is 0 Å². The Kier molecular flexibility index (Phi) is 4.38. The van der Waals surface area contributed by atoms with Crippen LogP contribution >= 0.6 is 11.8 Å². The average Bonchev–Trinajstić information content (AvgIpc) is 3.15. The van der Waals surface area contributed by atoms with Gasteiger partial charge in [-0.3, -0.25) is 9.89 Å². The molecule has 23 heavy (non-hydrogen) atoms. The summed E-state index contributed by atoms with van der Waals surface area (Å²) in [5.74, 6) is -0.437. The van der Waals surface area contributed by atoms with E-state index in [1.165, 1.54) is 12.1 Å². The van der Waals surface area contributed by atoms with E-state index < -0.39 is 0 Å². The first kappa shape index (κ1) is 15.6. The standard InChI is InChI=1S/C16H17FN4OS/c1-3-18-15(22)14-10(2)23-16(11-8-19-20-9-11)21(14)13-6-4-12(17)5-7-13/h4-9,16H,3H2,1-2H3,(H,18,22)(H,19,20). The molecule has 2 aromatic rings. The molecule has 5 nitrogen and oxygen atoms in total. The van der Waals surface area contributed by atoms with Gasteiger partial charge in [0, 0.05) is 28.9 Å². The Bertz CT molecular complexity index is 727. The van der Waals surface area contributed by atoms with Gasteiger partial charge < -0.3 is 10.2 Å². The highest BCUT2D eigenvalue weighted by atomic mass is 32.2. The van der Waals surface area contributed by atoms with Gasteiger partial charge in [-0.1, -0.05) is 11.8 Å². The van der Waals surface area contributed by atoms with Crippen molar-refractivity contribution in [2.75, 3.05) is 11.4 Å². The van der Waals surface area contributed by atoms with E-state index >= 15 is 0 Å². The van der Waals surface area contributed by atoms with Crippen LogP contribution in [0.1, 0.15) is 24.8 Å². The average molecular weight is 332 g/mol. The number of benzene rings is 1. The molecule has 0 spiro atoms. The molecule has 3 rings (SSSR count). The largest absolute Gasteiger partial charge is 0.351 e. The minimum atomic E-state index is -0.305. The van der Waals surface area contributed by atoms with Crippen LogP contribution in [0.3, 0.4) is 0 Å². The highest BCUT2D eigenvalue weighted by Gasteiger charge is 2.36. The van der Waals surface area contributed by atoms with Crippen LogP contribution in [0.25, 0.3) is 0 Å². The Morgan fingerprint density at radius 3 is 2.78 bits per heavy atom. The van der Waals surface area contributed by atoms with Crippen molar-refractivity contribution in [2.24, 2.45) is 0 Å².